The van der Waals surface area contributed by atoms with Crippen molar-refractivity contribution in [1.82, 2.24) is 0 Å². The number of carbonyl (C=O) groups excluding carboxylic acids is 1. The molecule has 0 heterocycles. The molecule has 2 rings (SSSR count). The zero-order chi connectivity index (χ0) is 11.5. The van der Waals surface area contributed by atoms with Gasteiger partial charge in [0.05, 0.1) is 0 Å². The average molecular weight is 238 g/mol. The molecule has 0 radical (unpaired) electrons. The van der Waals surface area contributed by atoms with E-state index in [0.29, 0.717) is 16.6 Å². The number of anilines is 1. The number of nitrogens with one attached hydrogen (secondary N) is 1. The fourth-order valence-corrected chi connectivity index (χ4v) is 2.42. The summed E-state index contributed by atoms with van der Waals surface area (Å²) >= 11 is 5.99. The van der Waals surface area contributed by atoms with E-state index in [1.807, 2.05) is 12.1 Å². The lowest BCUT2D eigenvalue weighted by Crippen LogP contribution is -2.14. The van der Waals surface area contributed by atoms with Crippen molar-refractivity contribution in [2.45, 2.75) is 38.6 Å². The Labute approximate surface area is 101 Å². The maximum Gasteiger partial charge on any atom is 0.159 e. The number of hydrogen-bond donors (Lipinski definition) is 1. The number of ketones is 1. The summed E-state index contributed by atoms with van der Waals surface area (Å²) in [5, 5.41) is 4.06. The summed E-state index contributed by atoms with van der Waals surface area (Å²) in [4.78, 5) is 11.3. The largest absolute Gasteiger partial charge is 0.382 e. The summed E-state index contributed by atoms with van der Waals surface area (Å²) in [6, 6.07) is 6.01. The highest BCUT2D eigenvalue weighted by atomic mass is 35.5. The molecule has 0 aliphatic heterocycles. The van der Waals surface area contributed by atoms with Crippen molar-refractivity contribution in [3.8, 4) is 0 Å². The first-order valence-electron chi connectivity index (χ1n) is 5.73. The maximum atomic E-state index is 11.3. The number of hydrogen-bond acceptors (Lipinski definition) is 2. The van der Waals surface area contributed by atoms with Gasteiger partial charge in [-0.3, -0.25) is 4.79 Å². The first-order valence-corrected chi connectivity index (χ1v) is 6.11. The number of carbonyl (C=O) groups is 1. The Balaban J connectivity index is 2.16. The van der Waals surface area contributed by atoms with Gasteiger partial charge >= 0.3 is 0 Å². The summed E-state index contributed by atoms with van der Waals surface area (Å²) in [5.41, 5.74) is 1.64. The molecule has 0 aromatic heterocycles. The Hall–Kier alpha value is -1.02. The van der Waals surface area contributed by atoms with Crippen LogP contribution in [-0.2, 0) is 0 Å². The van der Waals surface area contributed by atoms with Crippen LogP contribution < -0.4 is 5.32 Å². The van der Waals surface area contributed by atoms with Crippen molar-refractivity contribution in [2.75, 3.05) is 5.32 Å². The molecule has 86 valence electrons. The van der Waals surface area contributed by atoms with Gasteiger partial charge in [-0.15, -0.1) is 0 Å². The average Bonchev–Trinajstić information content (AvgIpc) is 2.69. The summed E-state index contributed by atoms with van der Waals surface area (Å²) < 4.78 is 0. The minimum Gasteiger partial charge on any atom is -0.382 e. The zero-order valence-electron chi connectivity index (χ0n) is 9.42. The van der Waals surface area contributed by atoms with Crippen molar-refractivity contribution in [2.24, 2.45) is 0 Å². The fourth-order valence-electron chi connectivity index (χ4n) is 2.18. The summed E-state index contributed by atoms with van der Waals surface area (Å²) in [7, 11) is 0. The second-order valence-electron chi connectivity index (χ2n) is 4.41. The van der Waals surface area contributed by atoms with Gasteiger partial charge in [-0.05, 0) is 38.0 Å². The van der Waals surface area contributed by atoms with Gasteiger partial charge in [0.1, 0.15) is 0 Å². The monoisotopic (exact) mass is 237 g/mol. The molecular formula is C13H16ClNO. The molecule has 3 heteroatoms. The lowest BCUT2D eigenvalue weighted by Gasteiger charge is -2.14. The summed E-state index contributed by atoms with van der Waals surface area (Å²) in [6.45, 7) is 1.56. The summed E-state index contributed by atoms with van der Waals surface area (Å²) in [6.07, 6.45) is 5.00. The third-order valence-corrected chi connectivity index (χ3v) is 3.25. The predicted molar refractivity (Wildman–Crippen MR) is 67.3 cm³/mol. The van der Waals surface area contributed by atoms with Crippen LogP contribution in [0.4, 0.5) is 5.69 Å². The second-order valence-corrected chi connectivity index (χ2v) is 4.85. The topological polar surface area (TPSA) is 29.1 Å². The van der Waals surface area contributed by atoms with E-state index in [9.17, 15) is 4.79 Å². The first kappa shape index (κ1) is 11.5. The highest BCUT2D eigenvalue weighted by molar-refractivity contribution is 6.31. The van der Waals surface area contributed by atoms with Crippen LogP contribution in [0.1, 0.15) is 43.0 Å². The van der Waals surface area contributed by atoms with Crippen molar-refractivity contribution < 1.29 is 4.79 Å². The molecule has 1 aromatic rings. The lowest BCUT2D eigenvalue weighted by atomic mass is 10.1. The van der Waals surface area contributed by atoms with Crippen molar-refractivity contribution in [1.29, 1.82) is 0 Å². The molecule has 0 amide bonds. The van der Waals surface area contributed by atoms with Gasteiger partial charge in [0.2, 0.25) is 0 Å². The van der Waals surface area contributed by atoms with Crippen molar-refractivity contribution >= 4 is 23.1 Å². The van der Waals surface area contributed by atoms with E-state index in [-0.39, 0.29) is 5.78 Å². The van der Waals surface area contributed by atoms with Gasteiger partial charge in [-0.25, -0.2) is 0 Å². The fraction of sp³-hybridized carbons (Fsp3) is 0.462. The van der Waals surface area contributed by atoms with Gasteiger partial charge in [-0.1, -0.05) is 24.4 Å². The Morgan fingerprint density at radius 2 is 2.00 bits per heavy atom. The molecule has 1 saturated carbocycles. The molecule has 1 aliphatic carbocycles. The lowest BCUT2D eigenvalue weighted by molar-refractivity contribution is 0.101. The van der Waals surface area contributed by atoms with Crippen molar-refractivity contribution in [3.05, 3.63) is 28.8 Å². The minimum atomic E-state index is 0.0528. The highest BCUT2D eigenvalue weighted by Gasteiger charge is 2.15. The van der Waals surface area contributed by atoms with E-state index in [1.54, 1.807) is 13.0 Å². The molecule has 2 nitrogen and oxygen atoms in total. The quantitative estimate of drug-likeness (QED) is 0.808. The van der Waals surface area contributed by atoms with Crippen LogP contribution in [-0.4, -0.2) is 11.8 Å². The smallest absolute Gasteiger partial charge is 0.159 e. The van der Waals surface area contributed by atoms with Crippen LogP contribution in [0.5, 0.6) is 0 Å². The van der Waals surface area contributed by atoms with Gasteiger partial charge in [0.15, 0.2) is 5.78 Å². The first-order chi connectivity index (χ1) is 7.65. The Morgan fingerprint density at radius 3 is 2.62 bits per heavy atom. The normalized spacial score (nSPS) is 16.4. The standard InChI is InChI=1S/C13H16ClNO/c1-9(16)10-6-11(14)8-13(7-10)15-12-4-2-3-5-12/h6-8,12,15H,2-5H2,1H3. The number of Topliss-reactive ketones (excluding diaryl/α,β-unsaturated/α-hetero) is 1. The Bertz CT molecular complexity index is 397. The van der Waals surface area contributed by atoms with Crippen molar-refractivity contribution in [3.63, 3.8) is 0 Å². The molecule has 1 N–H and O–H groups in total. The van der Waals surface area contributed by atoms with Crippen LogP contribution in [0, 0.1) is 0 Å². The van der Waals surface area contributed by atoms with Crippen LogP contribution in [0.3, 0.4) is 0 Å². The summed E-state index contributed by atoms with van der Waals surface area (Å²) in [5.74, 6) is 0.0528. The van der Waals surface area contributed by atoms with Gasteiger partial charge < -0.3 is 5.32 Å². The third kappa shape index (κ3) is 2.76. The highest BCUT2D eigenvalue weighted by Crippen LogP contribution is 2.25. The number of benzene rings is 1. The van der Waals surface area contributed by atoms with E-state index < -0.39 is 0 Å². The molecule has 1 aromatic carbocycles. The second kappa shape index (κ2) is 4.88. The molecule has 0 bridgehead atoms. The van der Waals surface area contributed by atoms with E-state index in [4.69, 9.17) is 11.6 Å². The molecule has 1 fully saturated rings. The van der Waals surface area contributed by atoms with Crippen LogP contribution in [0.15, 0.2) is 18.2 Å². The molecule has 0 spiro atoms. The minimum absolute atomic E-state index is 0.0528. The predicted octanol–water partition coefficient (Wildman–Crippen LogP) is 3.90. The zero-order valence-corrected chi connectivity index (χ0v) is 10.2. The maximum absolute atomic E-state index is 11.3. The van der Waals surface area contributed by atoms with E-state index in [1.165, 1.54) is 25.7 Å². The molecule has 16 heavy (non-hydrogen) atoms. The number of rotatable bonds is 3. The SMILES string of the molecule is CC(=O)c1cc(Cl)cc(NC2CCCC2)c1. The molecule has 0 unspecified atom stereocenters. The van der Waals surface area contributed by atoms with E-state index in [0.717, 1.165) is 5.69 Å². The number of halogens is 1. The molecule has 1 aliphatic rings. The van der Waals surface area contributed by atoms with Gasteiger partial charge in [0.25, 0.3) is 0 Å². The Kier molecular flexibility index (Phi) is 3.49. The molecule has 0 atom stereocenters. The third-order valence-electron chi connectivity index (χ3n) is 3.03. The van der Waals surface area contributed by atoms with E-state index >= 15 is 0 Å². The molecule has 0 saturated heterocycles. The van der Waals surface area contributed by atoms with Crippen LogP contribution >= 0.6 is 11.6 Å². The van der Waals surface area contributed by atoms with Gasteiger partial charge in [0, 0.05) is 22.3 Å². The van der Waals surface area contributed by atoms with Gasteiger partial charge in [-0.2, -0.15) is 0 Å². The van der Waals surface area contributed by atoms with Crippen LogP contribution in [0.25, 0.3) is 0 Å². The van der Waals surface area contributed by atoms with E-state index in [2.05, 4.69) is 5.32 Å². The Morgan fingerprint density at radius 1 is 1.31 bits per heavy atom. The van der Waals surface area contributed by atoms with Crippen LogP contribution in [0.2, 0.25) is 5.02 Å². The molecular weight excluding hydrogens is 222 g/mol.